The molecule has 3 nitrogen and oxygen atoms in total. The van der Waals surface area contributed by atoms with E-state index in [0.717, 1.165) is 12.1 Å². The van der Waals surface area contributed by atoms with Crippen LogP contribution in [0, 0.1) is 0 Å². The molecule has 1 atom stereocenters. The maximum absolute atomic E-state index is 12.6. The van der Waals surface area contributed by atoms with Gasteiger partial charge in [-0.3, -0.25) is 4.79 Å². The SMILES string of the molecule is CC(O)(c1ccccc1C(N)=O)C(F)(F)F. The second-order valence-corrected chi connectivity index (χ2v) is 3.48. The minimum absolute atomic E-state index is 0.343. The zero-order chi connectivity index (χ0) is 12.6. The summed E-state index contributed by atoms with van der Waals surface area (Å²) in [5, 5.41) is 9.42. The van der Waals surface area contributed by atoms with Gasteiger partial charge in [0, 0.05) is 11.1 Å². The van der Waals surface area contributed by atoms with E-state index in [1.807, 2.05) is 0 Å². The van der Waals surface area contributed by atoms with Gasteiger partial charge in [0.05, 0.1) is 0 Å². The average molecular weight is 233 g/mol. The van der Waals surface area contributed by atoms with Gasteiger partial charge in [0.15, 0.2) is 5.60 Å². The number of carbonyl (C=O) groups is 1. The maximum atomic E-state index is 12.6. The summed E-state index contributed by atoms with van der Waals surface area (Å²) in [7, 11) is 0. The van der Waals surface area contributed by atoms with E-state index in [-0.39, 0.29) is 5.56 Å². The molecule has 0 spiro atoms. The molecule has 0 fully saturated rings. The van der Waals surface area contributed by atoms with Crippen LogP contribution >= 0.6 is 0 Å². The summed E-state index contributed by atoms with van der Waals surface area (Å²) >= 11 is 0. The lowest BCUT2D eigenvalue weighted by Gasteiger charge is -2.28. The second kappa shape index (κ2) is 3.79. The molecular formula is C10H10F3NO2. The minimum atomic E-state index is -4.88. The number of nitrogens with two attached hydrogens (primary N) is 1. The lowest BCUT2D eigenvalue weighted by molar-refractivity contribution is -0.259. The van der Waals surface area contributed by atoms with Crippen LogP contribution in [0.2, 0.25) is 0 Å². The third-order valence-electron chi connectivity index (χ3n) is 2.27. The van der Waals surface area contributed by atoms with Crippen molar-refractivity contribution in [2.24, 2.45) is 5.73 Å². The first-order chi connectivity index (χ1) is 7.18. The van der Waals surface area contributed by atoms with Crippen molar-refractivity contribution >= 4 is 5.91 Å². The Bertz CT molecular complexity index is 413. The molecule has 1 aromatic carbocycles. The molecule has 0 aliphatic heterocycles. The van der Waals surface area contributed by atoms with E-state index in [2.05, 4.69) is 0 Å². The molecule has 0 bridgehead atoms. The van der Waals surface area contributed by atoms with Gasteiger partial charge in [-0.15, -0.1) is 0 Å². The smallest absolute Gasteiger partial charge is 0.376 e. The second-order valence-electron chi connectivity index (χ2n) is 3.48. The Hall–Kier alpha value is -1.56. The van der Waals surface area contributed by atoms with Crippen molar-refractivity contribution in [2.45, 2.75) is 18.7 Å². The summed E-state index contributed by atoms with van der Waals surface area (Å²) in [6.07, 6.45) is -4.88. The first-order valence-electron chi connectivity index (χ1n) is 4.36. The molecule has 88 valence electrons. The molecule has 1 rings (SSSR count). The third-order valence-corrected chi connectivity index (χ3v) is 2.27. The Morgan fingerprint density at radius 3 is 2.25 bits per heavy atom. The molecule has 0 saturated heterocycles. The van der Waals surface area contributed by atoms with Gasteiger partial charge in [-0.1, -0.05) is 18.2 Å². The summed E-state index contributed by atoms with van der Waals surface area (Å²) in [5.74, 6) is -1.01. The molecule has 0 aromatic heterocycles. The van der Waals surface area contributed by atoms with E-state index in [9.17, 15) is 23.1 Å². The fraction of sp³-hybridized carbons (Fsp3) is 0.300. The average Bonchev–Trinajstić information content (AvgIpc) is 2.16. The van der Waals surface area contributed by atoms with E-state index in [0.29, 0.717) is 6.92 Å². The fourth-order valence-electron chi connectivity index (χ4n) is 1.28. The third kappa shape index (κ3) is 2.01. The van der Waals surface area contributed by atoms with Gasteiger partial charge >= 0.3 is 6.18 Å². The number of halogens is 3. The van der Waals surface area contributed by atoms with Crippen molar-refractivity contribution in [3.63, 3.8) is 0 Å². The molecule has 0 aliphatic carbocycles. The van der Waals surface area contributed by atoms with E-state index >= 15 is 0 Å². The largest absolute Gasteiger partial charge is 0.421 e. The monoisotopic (exact) mass is 233 g/mol. The summed E-state index contributed by atoms with van der Waals surface area (Å²) in [6.45, 7) is 0.578. The Labute approximate surface area is 89.7 Å². The Morgan fingerprint density at radius 2 is 1.81 bits per heavy atom. The quantitative estimate of drug-likeness (QED) is 0.814. The highest BCUT2D eigenvalue weighted by Crippen LogP contribution is 2.39. The Balaban J connectivity index is 3.39. The van der Waals surface area contributed by atoms with Gasteiger partial charge in [0.2, 0.25) is 5.91 Å². The molecular weight excluding hydrogens is 223 g/mol. The van der Waals surface area contributed by atoms with Gasteiger partial charge in [-0.2, -0.15) is 13.2 Å². The fourth-order valence-corrected chi connectivity index (χ4v) is 1.28. The zero-order valence-corrected chi connectivity index (χ0v) is 8.38. The van der Waals surface area contributed by atoms with Gasteiger partial charge in [0.1, 0.15) is 0 Å². The first kappa shape index (κ1) is 12.5. The van der Waals surface area contributed by atoms with Crippen molar-refractivity contribution in [2.75, 3.05) is 0 Å². The van der Waals surface area contributed by atoms with Crippen LogP contribution in [0.1, 0.15) is 22.8 Å². The number of hydrogen-bond donors (Lipinski definition) is 2. The van der Waals surface area contributed by atoms with Crippen molar-refractivity contribution in [1.82, 2.24) is 0 Å². The molecule has 0 radical (unpaired) electrons. The number of rotatable bonds is 2. The molecule has 0 saturated carbocycles. The van der Waals surface area contributed by atoms with Gasteiger partial charge in [-0.05, 0) is 13.0 Å². The first-order valence-corrected chi connectivity index (χ1v) is 4.36. The Kier molecular flexibility index (Phi) is 2.96. The van der Waals surface area contributed by atoms with Crippen molar-refractivity contribution < 1.29 is 23.1 Å². The summed E-state index contributed by atoms with van der Waals surface area (Å²) < 4.78 is 37.7. The van der Waals surface area contributed by atoms with E-state index in [1.165, 1.54) is 12.1 Å². The maximum Gasteiger partial charge on any atom is 0.421 e. The minimum Gasteiger partial charge on any atom is -0.376 e. The highest BCUT2D eigenvalue weighted by Gasteiger charge is 2.52. The number of hydrogen-bond acceptors (Lipinski definition) is 2. The predicted octanol–water partition coefficient (Wildman–Crippen LogP) is 1.56. The molecule has 6 heteroatoms. The van der Waals surface area contributed by atoms with E-state index in [4.69, 9.17) is 5.73 Å². The lowest BCUT2D eigenvalue weighted by Crippen LogP contribution is -2.40. The standard InChI is InChI=1S/C10H10F3NO2/c1-9(16,10(11,12)13)7-5-3-2-4-6(7)8(14)15/h2-5,16H,1H3,(H2,14,15). The van der Waals surface area contributed by atoms with Crippen molar-refractivity contribution in [3.8, 4) is 0 Å². The molecule has 0 aliphatic rings. The summed E-state index contributed by atoms with van der Waals surface area (Å²) in [5.41, 5.74) is 0.950. The van der Waals surface area contributed by atoms with Crippen LogP contribution < -0.4 is 5.73 Å². The van der Waals surface area contributed by atoms with Gasteiger partial charge in [0.25, 0.3) is 0 Å². The van der Waals surface area contributed by atoms with Crippen LogP contribution in [-0.4, -0.2) is 17.2 Å². The summed E-state index contributed by atoms with van der Waals surface area (Å²) in [6, 6.07) is 4.82. The van der Waals surface area contributed by atoms with E-state index < -0.39 is 23.2 Å². The zero-order valence-electron chi connectivity index (χ0n) is 8.38. The van der Waals surface area contributed by atoms with Crippen molar-refractivity contribution in [1.29, 1.82) is 0 Å². The van der Waals surface area contributed by atoms with Gasteiger partial charge in [-0.25, -0.2) is 0 Å². The van der Waals surface area contributed by atoms with Crippen LogP contribution in [0.25, 0.3) is 0 Å². The van der Waals surface area contributed by atoms with Gasteiger partial charge < -0.3 is 10.8 Å². The molecule has 1 amide bonds. The summed E-state index contributed by atoms with van der Waals surface area (Å²) in [4.78, 5) is 10.9. The molecule has 3 N–H and O–H groups in total. The number of carbonyl (C=O) groups excluding carboxylic acids is 1. The number of aliphatic hydroxyl groups is 1. The number of amides is 1. The highest BCUT2D eigenvalue weighted by atomic mass is 19.4. The molecule has 1 aromatic rings. The predicted molar refractivity (Wildman–Crippen MR) is 50.6 cm³/mol. The lowest BCUT2D eigenvalue weighted by atomic mass is 9.90. The van der Waals surface area contributed by atoms with Crippen LogP contribution in [0.5, 0.6) is 0 Å². The number of primary amides is 1. The van der Waals surface area contributed by atoms with Crippen LogP contribution in [0.3, 0.4) is 0 Å². The van der Waals surface area contributed by atoms with E-state index in [1.54, 1.807) is 0 Å². The Morgan fingerprint density at radius 1 is 1.31 bits per heavy atom. The number of benzene rings is 1. The molecule has 0 heterocycles. The highest BCUT2D eigenvalue weighted by molar-refractivity contribution is 5.94. The van der Waals surface area contributed by atoms with Crippen LogP contribution in [-0.2, 0) is 5.60 Å². The molecule has 16 heavy (non-hydrogen) atoms. The van der Waals surface area contributed by atoms with Crippen molar-refractivity contribution in [3.05, 3.63) is 35.4 Å². The van der Waals surface area contributed by atoms with Crippen LogP contribution in [0.15, 0.2) is 24.3 Å². The molecule has 1 unspecified atom stereocenters. The van der Waals surface area contributed by atoms with Crippen LogP contribution in [0.4, 0.5) is 13.2 Å². The normalized spacial score (nSPS) is 15.6. The topological polar surface area (TPSA) is 63.3 Å². The number of alkyl halides is 3.